The summed E-state index contributed by atoms with van der Waals surface area (Å²) in [6, 6.07) is 7.59. The second-order valence-corrected chi connectivity index (χ2v) is 8.92. The number of benzene rings is 1. The molecule has 0 aliphatic rings. The maximum absolute atomic E-state index is 10.8. The Morgan fingerprint density at radius 1 is 1.10 bits per heavy atom. The van der Waals surface area contributed by atoms with Gasteiger partial charge < -0.3 is 8.92 Å². The van der Waals surface area contributed by atoms with Crippen LogP contribution in [0.5, 0.6) is 5.75 Å². The molecule has 1 rings (SSSR count). The minimum atomic E-state index is -1.64. The van der Waals surface area contributed by atoms with Crippen molar-refractivity contribution in [3.63, 3.8) is 0 Å². The number of carbonyl (C=O) groups excluding carboxylic acids is 1. The van der Waals surface area contributed by atoms with Gasteiger partial charge in [0.15, 0.2) is 5.75 Å². The highest BCUT2D eigenvalue weighted by molar-refractivity contribution is 8.27. The lowest BCUT2D eigenvalue weighted by Gasteiger charge is -2.49. The zero-order valence-electron chi connectivity index (χ0n) is 13.7. The van der Waals surface area contributed by atoms with E-state index < -0.39 is 10.6 Å². The lowest BCUT2D eigenvalue weighted by molar-refractivity contribution is -0.142. The van der Waals surface area contributed by atoms with Crippen molar-refractivity contribution in [2.45, 2.75) is 51.7 Å². The number of rotatable bonds is 7. The summed E-state index contributed by atoms with van der Waals surface area (Å²) in [5.41, 5.74) is 0.935. The Hall–Kier alpha value is -1.20. The quantitative estimate of drug-likeness (QED) is 0.707. The number of ether oxygens (including phenoxy) is 1. The molecule has 4 nitrogen and oxygen atoms in total. The molecule has 21 heavy (non-hydrogen) atoms. The van der Waals surface area contributed by atoms with Gasteiger partial charge in [-0.3, -0.25) is 8.98 Å². The van der Waals surface area contributed by atoms with Crippen LogP contribution in [0.15, 0.2) is 24.3 Å². The van der Waals surface area contributed by atoms with Gasteiger partial charge in [-0.25, -0.2) is 0 Å². The minimum absolute atomic E-state index is 0.280. The second kappa shape index (κ2) is 7.71. The van der Waals surface area contributed by atoms with Crippen LogP contribution < -0.4 is 4.18 Å². The molecule has 0 heterocycles. The van der Waals surface area contributed by atoms with Gasteiger partial charge in [-0.2, -0.15) is 0 Å². The largest absolute Gasteiger partial charge is 0.461 e. The highest BCUT2D eigenvalue weighted by Crippen LogP contribution is 2.57. The molecule has 1 aromatic carbocycles. The van der Waals surface area contributed by atoms with E-state index in [0.717, 1.165) is 11.3 Å². The summed E-state index contributed by atoms with van der Waals surface area (Å²) in [5, 5.41) is 0.589. The van der Waals surface area contributed by atoms with E-state index in [2.05, 4.69) is 27.7 Å². The van der Waals surface area contributed by atoms with Gasteiger partial charge in [0, 0.05) is 6.92 Å². The number of esters is 1. The van der Waals surface area contributed by atoms with Crippen LogP contribution in [0.4, 0.5) is 0 Å². The molecule has 0 saturated carbocycles. The van der Waals surface area contributed by atoms with Gasteiger partial charge in [0.2, 0.25) is 0 Å². The molecule has 0 unspecified atom stereocenters. The predicted octanol–water partition coefficient (Wildman–Crippen LogP) is 4.23. The highest BCUT2D eigenvalue weighted by atomic mass is 32.3. The Morgan fingerprint density at radius 2 is 1.62 bits per heavy atom. The molecule has 0 saturated heterocycles. The lowest BCUT2D eigenvalue weighted by Crippen LogP contribution is -2.27. The molecule has 1 aromatic rings. The number of hydrogen-bond donors (Lipinski definition) is 0. The summed E-state index contributed by atoms with van der Waals surface area (Å²) in [7, 11) is 0.0681. The van der Waals surface area contributed by atoms with E-state index in [1.165, 1.54) is 6.92 Å². The fraction of sp³-hybridized carbons (Fsp3) is 0.562. The Labute approximate surface area is 129 Å². The van der Waals surface area contributed by atoms with Crippen LogP contribution >= 0.6 is 10.6 Å². The molecule has 5 heteroatoms. The average Bonchev–Trinajstić information content (AvgIpc) is 2.43. The topological polar surface area (TPSA) is 44.8 Å². The van der Waals surface area contributed by atoms with Crippen molar-refractivity contribution in [3.05, 3.63) is 29.8 Å². The monoisotopic (exact) mass is 314 g/mol. The van der Waals surface area contributed by atoms with Crippen LogP contribution in [0, 0.1) is 0 Å². The van der Waals surface area contributed by atoms with Crippen molar-refractivity contribution in [3.8, 4) is 5.75 Å². The standard InChI is InChI=1S/C16H26O4S/c1-12(2)21(18-6,13(3)4)20-16-9-7-15(8-10-16)11-19-14(5)17/h7-10,12-13H,11H2,1-6H3. The third-order valence-corrected chi connectivity index (χ3v) is 6.77. The van der Waals surface area contributed by atoms with Crippen LogP contribution in [0.25, 0.3) is 0 Å². The summed E-state index contributed by atoms with van der Waals surface area (Å²) in [6.45, 7) is 10.2. The van der Waals surface area contributed by atoms with Crippen LogP contribution in [0.3, 0.4) is 0 Å². The maximum atomic E-state index is 10.8. The molecule has 0 fully saturated rings. The summed E-state index contributed by atoms with van der Waals surface area (Å²) < 4.78 is 16.9. The van der Waals surface area contributed by atoms with Crippen LogP contribution in [0.1, 0.15) is 40.2 Å². The van der Waals surface area contributed by atoms with E-state index in [9.17, 15) is 4.79 Å². The normalized spacial score (nSPS) is 12.6. The van der Waals surface area contributed by atoms with E-state index >= 15 is 0 Å². The Kier molecular flexibility index (Phi) is 6.55. The first-order valence-electron chi connectivity index (χ1n) is 7.10. The van der Waals surface area contributed by atoms with E-state index in [0.29, 0.717) is 10.5 Å². The summed E-state index contributed by atoms with van der Waals surface area (Å²) in [5.74, 6) is 0.499. The summed E-state index contributed by atoms with van der Waals surface area (Å²) in [6.07, 6.45) is 0. The molecule has 0 spiro atoms. The van der Waals surface area contributed by atoms with Crippen molar-refractivity contribution in [2.24, 2.45) is 0 Å². The molecule has 0 atom stereocenters. The van der Waals surface area contributed by atoms with Crippen molar-refractivity contribution in [1.29, 1.82) is 0 Å². The second-order valence-electron chi connectivity index (χ2n) is 5.36. The third kappa shape index (κ3) is 4.64. The molecule has 0 radical (unpaired) electrons. The van der Waals surface area contributed by atoms with Gasteiger partial charge in [0.25, 0.3) is 0 Å². The zero-order chi connectivity index (χ0) is 16.0. The van der Waals surface area contributed by atoms with Crippen molar-refractivity contribution >= 4 is 16.6 Å². The van der Waals surface area contributed by atoms with Gasteiger partial charge in [-0.05, 0) is 45.4 Å². The van der Waals surface area contributed by atoms with Gasteiger partial charge in [0.1, 0.15) is 6.61 Å². The molecule has 0 amide bonds. The van der Waals surface area contributed by atoms with Crippen LogP contribution in [-0.4, -0.2) is 23.6 Å². The van der Waals surface area contributed by atoms with Crippen molar-refractivity contribution < 1.29 is 17.9 Å². The third-order valence-electron chi connectivity index (χ3n) is 3.17. The number of carbonyl (C=O) groups is 1. The van der Waals surface area contributed by atoms with Crippen LogP contribution in [0.2, 0.25) is 0 Å². The molecular weight excluding hydrogens is 288 g/mol. The number of hydrogen-bond acceptors (Lipinski definition) is 4. The van der Waals surface area contributed by atoms with E-state index in [1.807, 2.05) is 24.3 Å². The molecule has 120 valence electrons. The summed E-state index contributed by atoms with van der Waals surface area (Å²) in [4.78, 5) is 10.8. The Bertz CT molecular complexity index is 446. The maximum Gasteiger partial charge on any atom is 0.302 e. The molecule has 0 aliphatic carbocycles. The molecule has 0 N–H and O–H groups in total. The fourth-order valence-corrected chi connectivity index (χ4v) is 4.86. The summed E-state index contributed by atoms with van der Waals surface area (Å²) >= 11 is 0. The Balaban J connectivity index is 2.83. The SMILES string of the molecule is COS(Oc1ccc(COC(C)=O)cc1)(C(C)C)C(C)C. The van der Waals surface area contributed by atoms with E-state index in [1.54, 1.807) is 7.11 Å². The molecular formula is C16H26O4S. The van der Waals surface area contributed by atoms with Gasteiger partial charge in [0.05, 0.1) is 17.6 Å². The first kappa shape index (κ1) is 17.9. The molecule has 0 bridgehead atoms. The fourth-order valence-electron chi connectivity index (χ4n) is 2.13. The first-order chi connectivity index (χ1) is 9.81. The minimum Gasteiger partial charge on any atom is -0.461 e. The van der Waals surface area contributed by atoms with Crippen LogP contribution in [-0.2, 0) is 20.3 Å². The highest BCUT2D eigenvalue weighted by Gasteiger charge is 2.29. The van der Waals surface area contributed by atoms with Gasteiger partial charge >= 0.3 is 5.97 Å². The van der Waals surface area contributed by atoms with Crippen molar-refractivity contribution in [2.75, 3.05) is 7.11 Å². The first-order valence-corrected chi connectivity index (χ1v) is 8.71. The van der Waals surface area contributed by atoms with E-state index in [-0.39, 0.29) is 12.6 Å². The smallest absolute Gasteiger partial charge is 0.302 e. The van der Waals surface area contributed by atoms with Gasteiger partial charge in [-0.1, -0.05) is 12.1 Å². The van der Waals surface area contributed by atoms with E-state index in [4.69, 9.17) is 13.1 Å². The van der Waals surface area contributed by atoms with Gasteiger partial charge in [-0.15, -0.1) is 10.6 Å². The van der Waals surface area contributed by atoms with Crippen molar-refractivity contribution in [1.82, 2.24) is 0 Å². The molecule has 0 aliphatic heterocycles. The predicted molar refractivity (Wildman–Crippen MR) is 87.4 cm³/mol. The molecule has 0 aromatic heterocycles. The average molecular weight is 314 g/mol. The zero-order valence-corrected chi connectivity index (χ0v) is 14.5. The lowest BCUT2D eigenvalue weighted by atomic mass is 10.2. The Morgan fingerprint density at radius 3 is 2.00 bits per heavy atom.